The standard InChI is InChI=1S/C27H27N3OS2/c1-2-19-13-15-20(16-14-19)17-24-25(31)30(22-11-7-4-8-12-22)27(33-24)29-26-28-23(18-32-26)21-9-5-3-6-10-21/h3,5-6,9-10,13-18,22H,2,4,7-8,11-12H2,1H3/b24-17-,29-27+. The van der Waals surface area contributed by atoms with E-state index in [2.05, 4.69) is 43.3 Å². The molecule has 1 aliphatic carbocycles. The van der Waals surface area contributed by atoms with Gasteiger partial charge < -0.3 is 0 Å². The quantitative estimate of drug-likeness (QED) is 0.365. The van der Waals surface area contributed by atoms with Crippen molar-refractivity contribution in [2.75, 3.05) is 0 Å². The summed E-state index contributed by atoms with van der Waals surface area (Å²) in [5.41, 5.74) is 4.35. The van der Waals surface area contributed by atoms with Crippen LogP contribution in [0.15, 0.2) is 69.9 Å². The number of thiazole rings is 1. The van der Waals surface area contributed by atoms with Gasteiger partial charge in [-0.1, -0.05) is 80.8 Å². The Hall–Kier alpha value is -2.70. The lowest BCUT2D eigenvalue weighted by molar-refractivity contribution is -0.124. The third kappa shape index (κ3) is 4.97. The average Bonchev–Trinajstić information content (AvgIpc) is 3.45. The maximum Gasteiger partial charge on any atom is 0.267 e. The molecule has 6 heteroatoms. The van der Waals surface area contributed by atoms with E-state index in [1.54, 1.807) is 0 Å². The summed E-state index contributed by atoms with van der Waals surface area (Å²) in [5.74, 6) is 0.0741. The van der Waals surface area contributed by atoms with Crippen molar-refractivity contribution in [2.24, 2.45) is 4.99 Å². The van der Waals surface area contributed by atoms with Gasteiger partial charge in [0.15, 0.2) is 5.17 Å². The summed E-state index contributed by atoms with van der Waals surface area (Å²) in [4.78, 5) is 25.8. The number of aryl methyl sites for hydroxylation is 1. The van der Waals surface area contributed by atoms with Crippen molar-refractivity contribution in [3.8, 4) is 11.3 Å². The summed E-state index contributed by atoms with van der Waals surface area (Å²) in [6.45, 7) is 2.15. The second kappa shape index (κ2) is 10.1. The van der Waals surface area contributed by atoms with Crippen LogP contribution in [0.2, 0.25) is 0 Å². The Bertz CT molecular complexity index is 1180. The fraction of sp³-hybridized carbons (Fsp3) is 0.296. The summed E-state index contributed by atoms with van der Waals surface area (Å²) in [6, 6.07) is 18.8. The molecule has 4 nitrogen and oxygen atoms in total. The summed E-state index contributed by atoms with van der Waals surface area (Å²) in [7, 11) is 0. The van der Waals surface area contributed by atoms with Crippen LogP contribution in [0.4, 0.5) is 5.13 Å². The van der Waals surface area contributed by atoms with E-state index in [0.717, 1.165) is 46.2 Å². The van der Waals surface area contributed by atoms with E-state index in [-0.39, 0.29) is 11.9 Å². The largest absolute Gasteiger partial charge is 0.283 e. The summed E-state index contributed by atoms with van der Waals surface area (Å²) < 4.78 is 0. The fourth-order valence-electron chi connectivity index (χ4n) is 4.37. The summed E-state index contributed by atoms with van der Waals surface area (Å²) in [6.07, 6.45) is 8.67. The van der Waals surface area contributed by atoms with Crippen LogP contribution in [0, 0.1) is 0 Å². The minimum absolute atomic E-state index is 0.0741. The lowest BCUT2D eigenvalue weighted by Crippen LogP contribution is -2.40. The van der Waals surface area contributed by atoms with Crippen molar-refractivity contribution in [3.63, 3.8) is 0 Å². The number of carbonyl (C=O) groups is 1. The van der Waals surface area contributed by atoms with Crippen molar-refractivity contribution >= 4 is 45.4 Å². The molecule has 3 aromatic rings. The first kappa shape index (κ1) is 22.1. The molecule has 2 fully saturated rings. The molecule has 0 unspecified atom stereocenters. The van der Waals surface area contributed by atoms with E-state index < -0.39 is 0 Å². The normalized spacial score (nSPS) is 19.7. The van der Waals surface area contributed by atoms with E-state index in [0.29, 0.717) is 5.13 Å². The van der Waals surface area contributed by atoms with Gasteiger partial charge in [0.2, 0.25) is 5.13 Å². The van der Waals surface area contributed by atoms with E-state index >= 15 is 0 Å². The van der Waals surface area contributed by atoms with Crippen molar-refractivity contribution in [1.82, 2.24) is 9.88 Å². The van der Waals surface area contributed by atoms with Gasteiger partial charge in [0.1, 0.15) is 0 Å². The number of hydrogen-bond acceptors (Lipinski definition) is 5. The number of hydrogen-bond donors (Lipinski definition) is 0. The third-order valence-corrected chi connectivity index (χ3v) is 7.93. The second-order valence-corrected chi connectivity index (χ2v) is 10.3. The molecule has 0 spiro atoms. The highest BCUT2D eigenvalue weighted by molar-refractivity contribution is 8.18. The number of rotatable bonds is 5. The van der Waals surface area contributed by atoms with Crippen molar-refractivity contribution in [2.45, 2.75) is 51.5 Å². The zero-order valence-electron chi connectivity index (χ0n) is 18.7. The Morgan fingerprint density at radius 1 is 1.06 bits per heavy atom. The average molecular weight is 474 g/mol. The molecule has 0 bridgehead atoms. The molecule has 33 heavy (non-hydrogen) atoms. The molecule has 1 aliphatic heterocycles. The minimum Gasteiger partial charge on any atom is -0.283 e. The van der Waals surface area contributed by atoms with Gasteiger partial charge >= 0.3 is 0 Å². The number of amidine groups is 1. The van der Waals surface area contributed by atoms with Crippen LogP contribution in [0.25, 0.3) is 17.3 Å². The molecule has 0 atom stereocenters. The molecule has 1 saturated carbocycles. The number of benzene rings is 2. The van der Waals surface area contributed by atoms with Crippen LogP contribution < -0.4 is 0 Å². The number of carbonyl (C=O) groups excluding carboxylic acids is 1. The zero-order valence-corrected chi connectivity index (χ0v) is 20.4. The Morgan fingerprint density at radius 2 is 1.82 bits per heavy atom. The predicted molar refractivity (Wildman–Crippen MR) is 140 cm³/mol. The predicted octanol–water partition coefficient (Wildman–Crippen LogP) is 7.31. The van der Waals surface area contributed by atoms with Gasteiger partial charge in [-0.3, -0.25) is 9.69 Å². The van der Waals surface area contributed by atoms with E-state index in [1.807, 2.05) is 34.6 Å². The number of aliphatic imine (C=N–C) groups is 1. The second-order valence-electron chi connectivity index (χ2n) is 8.45. The highest BCUT2D eigenvalue weighted by Crippen LogP contribution is 2.39. The molecule has 168 valence electrons. The van der Waals surface area contributed by atoms with E-state index in [4.69, 9.17) is 9.98 Å². The van der Waals surface area contributed by atoms with Gasteiger partial charge in [-0.15, -0.1) is 11.3 Å². The number of amides is 1. The fourth-order valence-corrected chi connectivity index (χ4v) is 6.16. The Morgan fingerprint density at radius 3 is 2.55 bits per heavy atom. The number of thioether (sulfide) groups is 1. The first-order valence-electron chi connectivity index (χ1n) is 11.6. The van der Waals surface area contributed by atoms with Crippen LogP contribution in [-0.4, -0.2) is 27.0 Å². The first-order valence-corrected chi connectivity index (χ1v) is 13.3. The van der Waals surface area contributed by atoms with Crippen molar-refractivity contribution in [1.29, 1.82) is 0 Å². The maximum atomic E-state index is 13.5. The Balaban J connectivity index is 1.46. The number of nitrogens with zero attached hydrogens (tertiary/aromatic N) is 3. The minimum atomic E-state index is 0.0741. The molecule has 2 aromatic carbocycles. The van der Waals surface area contributed by atoms with Crippen LogP contribution in [0.3, 0.4) is 0 Å². The summed E-state index contributed by atoms with van der Waals surface area (Å²) >= 11 is 3.00. The van der Waals surface area contributed by atoms with Gasteiger partial charge in [-0.2, -0.15) is 4.99 Å². The molecular weight excluding hydrogens is 446 g/mol. The van der Waals surface area contributed by atoms with Gasteiger partial charge in [-0.05, 0) is 48.2 Å². The third-order valence-electron chi connectivity index (χ3n) is 6.22. The van der Waals surface area contributed by atoms with Crippen LogP contribution in [-0.2, 0) is 11.2 Å². The highest BCUT2D eigenvalue weighted by atomic mass is 32.2. The molecule has 1 amide bonds. The molecule has 1 saturated heterocycles. The van der Waals surface area contributed by atoms with Crippen molar-refractivity contribution < 1.29 is 4.79 Å². The Labute approximate surface area is 203 Å². The van der Waals surface area contributed by atoms with Gasteiger partial charge in [0.05, 0.1) is 10.6 Å². The molecule has 1 aromatic heterocycles. The molecule has 5 rings (SSSR count). The molecular formula is C27H27N3OS2. The maximum absolute atomic E-state index is 13.5. The van der Waals surface area contributed by atoms with Gasteiger partial charge in [0, 0.05) is 17.0 Å². The van der Waals surface area contributed by atoms with Gasteiger partial charge in [0.25, 0.3) is 5.91 Å². The Kier molecular flexibility index (Phi) is 6.74. The first-order chi connectivity index (χ1) is 16.2. The highest BCUT2D eigenvalue weighted by Gasteiger charge is 2.38. The zero-order chi connectivity index (χ0) is 22.6. The molecule has 0 radical (unpaired) electrons. The van der Waals surface area contributed by atoms with Crippen molar-refractivity contribution in [3.05, 3.63) is 76.0 Å². The monoisotopic (exact) mass is 473 g/mol. The SMILES string of the molecule is CCc1ccc(/C=C2\S/C(=N/c3nc(-c4ccccc4)cs3)N(C3CCCCC3)C2=O)cc1. The summed E-state index contributed by atoms with van der Waals surface area (Å²) in [5, 5.41) is 3.49. The topological polar surface area (TPSA) is 45.6 Å². The van der Waals surface area contributed by atoms with Gasteiger partial charge in [-0.25, -0.2) is 4.98 Å². The van der Waals surface area contributed by atoms with E-state index in [1.165, 1.54) is 47.9 Å². The lowest BCUT2D eigenvalue weighted by Gasteiger charge is -2.30. The van der Waals surface area contributed by atoms with Crippen LogP contribution in [0.1, 0.15) is 50.2 Å². The smallest absolute Gasteiger partial charge is 0.267 e. The van der Waals surface area contributed by atoms with E-state index in [9.17, 15) is 4.79 Å². The molecule has 0 N–H and O–H groups in total. The van der Waals surface area contributed by atoms with Crippen LogP contribution >= 0.6 is 23.1 Å². The molecule has 2 heterocycles. The van der Waals surface area contributed by atoms with Crippen LogP contribution in [0.5, 0.6) is 0 Å². The number of aromatic nitrogens is 1. The molecule has 2 aliphatic rings. The lowest BCUT2D eigenvalue weighted by atomic mass is 9.94.